The van der Waals surface area contributed by atoms with Crippen molar-refractivity contribution in [3.05, 3.63) is 179 Å². The summed E-state index contributed by atoms with van der Waals surface area (Å²) in [6.07, 6.45) is -0.401. The number of hydrogen-bond acceptors (Lipinski definition) is 24. The molecule has 36 nitrogen and oxygen atoms in total. The Hall–Kier alpha value is -12.2. The first-order chi connectivity index (χ1) is 55.2. The summed E-state index contributed by atoms with van der Waals surface area (Å²) < 4.78 is 23.3. The molecular weight excluding hydrogens is 1500 g/mol. The van der Waals surface area contributed by atoms with Crippen LogP contribution in [-0.2, 0) is 62.9 Å². The highest BCUT2D eigenvalue weighted by molar-refractivity contribution is 5.87. The Morgan fingerprint density at radius 1 is 0.304 bits per heavy atom. The van der Waals surface area contributed by atoms with Gasteiger partial charge >= 0.3 is 47.8 Å². The van der Waals surface area contributed by atoms with Crippen LogP contribution in [0.5, 0.6) is 23.0 Å². The van der Waals surface area contributed by atoms with Gasteiger partial charge in [-0.15, -0.1) is 0 Å². The molecule has 0 saturated carbocycles. The quantitative estimate of drug-likeness (QED) is 0.0252. The van der Waals surface area contributed by atoms with E-state index < -0.39 is 102 Å². The van der Waals surface area contributed by atoms with Crippen molar-refractivity contribution in [1.29, 1.82) is 0 Å². The molecule has 12 N–H and O–H groups in total. The Bertz CT molecular complexity index is 4030. The fraction of sp³-hybridized carbons (Fsp3) is 0.392. The summed E-state index contributed by atoms with van der Waals surface area (Å²) in [5, 5.41) is 78.7. The predicted octanol–water partition coefficient (Wildman–Crippen LogP) is 1.24. The second kappa shape index (κ2) is 42.6. The van der Waals surface area contributed by atoms with E-state index in [2.05, 4.69) is 33.8 Å². The lowest BCUT2D eigenvalue weighted by Gasteiger charge is -2.35. The van der Waals surface area contributed by atoms with Crippen molar-refractivity contribution in [3.8, 4) is 34.1 Å². The van der Waals surface area contributed by atoms with Crippen LogP contribution in [0.3, 0.4) is 0 Å². The molecule has 2 aliphatic heterocycles. The number of fused-ring (bicyclic) bond motifs is 3. The van der Waals surface area contributed by atoms with Crippen LogP contribution in [0.2, 0.25) is 0 Å². The molecule has 4 amide bonds. The van der Waals surface area contributed by atoms with E-state index in [0.29, 0.717) is 34.1 Å². The summed E-state index contributed by atoms with van der Waals surface area (Å²) in [6.45, 7) is -1.47. The van der Waals surface area contributed by atoms with E-state index in [0.717, 1.165) is 33.4 Å². The van der Waals surface area contributed by atoms with Crippen LogP contribution < -0.4 is 40.7 Å². The van der Waals surface area contributed by atoms with E-state index in [-0.39, 0.29) is 170 Å². The van der Waals surface area contributed by atoms with Gasteiger partial charge in [-0.1, -0.05) is 97.1 Å². The highest BCUT2D eigenvalue weighted by Gasteiger charge is 2.46. The summed E-state index contributed by atoms with van der Waals surface area (Å²) in [4.78, 5) is 161. The number of carboxylic acid groups (broad SMARTS) is 8. The van der Waals surface area contributed by atoms with E-state index in [1.807, 2.05) is 60.7 Å². The number of amides is 4. The van der Waals surface area contributed by atoms with Crippen molar-refractivity contribution in [2.24, 2.45) is 0 Å². The van der Waals surface area contributed by atoms with Crippen LogP contribution in [0.1, 0.15) is 58.3 Å². The number of nitrogens with zero attached hydrogens (tertiary/aromatic N) is 8. The van der Waals surface area contributed by atoms with Crippen LogP contribution in [0, 0.1) is 0 Å². The summed E-state index contributed by atoms with van der Waals surface area (Å²) >= 11 is 0. The van der Waals surface area contributed by atoms with Crippen LogP contribution in [0.4, 0.5) is 0 Å². The first-order valence-electron chi connectivity index (χ1n) is 37.1. The molecule has 2 atom stereocenters. The lowest BCUT2D eigenvalue weighted by Crippen LogP contribution is -2.49. The number of benzene rings is 6. The van der Waals surface area contributed by atoms with Gasteiger partial charge in [0.25, 0.3) is 11.8 Å². The van der Waals surface area contributed by atoms with E-state index in [1.54, 1.807) is 63.5 Å². The minimum Gasteiger partial charge on any atom is -0.493 e. The number of hydrogen-bond donors (Lipinski definition) is 12. The highest BCUT2D eigenvalue weighted by Crippen LogP contribution is 2.56. The molecule has 614 valence electrons. The van der Waals surface area contributed by atoms with Crippen LogP contribution in [0.25, 0.3) is 11.1 Å². The van der Waals surface area contributed by atoms with Crippen LogP contribution >= 0.6 is 0 Å². The molecule has 1 aliphatic carbocycles. The van der Waals surface area contributed by atoms with E-state index >= 15 is 0 Å². The number of nitrogens with one attached hydrogen (secondary N) is 4. The summed E-state index contributed by atoms with van der Waals surface area (Å²) in [6, 6.07) is 40.3. The number of carbonyl (C=O) groups is 12. The first kappa shape index (κ1) is 86.8. The molecule has 36 heteroatoms. The predicted molar refractivity (Wildman–Crippen MR) is 409 cm³/mol. The Morgan fingerprint density at radius 2 is 0.548 bits per heavy atom. The highest BCUT2D eigenvalue weighted by atomic mass is 16.5. The van der Waals surface area contributed by atoms with E-state index in [4.69, 9.17) is 18.9 Å². The zero-order valence-corrected chi connectivity index (χ0v) is 63.0. The van der Waals surface area contributed by atoms with Gasteiger partial charge in [0.05, 0.1) is 70.7 Å². The third kappa shape index (κ3) is 25.9. The van der Waals surface area contributed by atoms with E-state index in [9.17, 15) is 98.4 Å². The molecule has 0 spiro atoms. The molecule has 2 heterocycles. The molecule has 2 fully saturated rings. The molecule has 2 unspecified atom stereocenters. The monoisotopic (exact) mass is 1590 g/mol. The van der Waals surface area contributed by atoms with Gasteiger partial charge in [-0.2, -0.15) is 0 Å². The molecule has 6 aromatic carbocycles. The minimum absolute atomic E-state index is 0.0644. The number of rotatable bonds is 34. The number of carbonyl (C=O) groups excluding carboxylic acids is 4. The Labute approximate surface area is 660 Å². The van der Waals surface area contributed by atoms with Gasteiger partial charge in [0.15, 0.2) is 13.2 Å². The normalized spacial score (nSPS) is 16.5. The largest absolute Gasteiger partial charge is 0.493 e. The third-order valence-corrected chi connectivity index (χ3v) is 19.6. The van der Waals surface area contributed by atoms with Crippen molar-refractivity contribution >= 4 is 71.4 Å². The zero-order valence-electron chi connectivity index (χ0n) is 63.0. The molecule has 3 aliphatic rings. The van der Waals surface area contributed by atoms with Gasteiger partial charge in [-0.3, -0.25) is 118 Å². The molecule has 115 heavy (non-hydrogen) atoms. The summed E-state index contributed by atoms with van der Waals surface area (Å²) in [7, 11) is 0. The third-order valence-electron chi connectivity index (χ3n) is 19.6. The smallest absolute Gasteiger partial charge is 0.325 e. The number of hydrazine groups is 2. The molecule has 0 radical (unpaired) electrons. The van der Waals surface area contributed by atoms with Gasteiger partial charge in [0.2, 0.25) is 11.8 Å². The maximum atomic E-state index is 13.0. The molecule has 0 bridgehead atoms. The molecular formula is C79H94N12O24. The van der Waals surface area contributed by atoms with Crippen LogP contribution in [0.15, 0.2) is 146 Å². The second-order valence-corrected chi connectivity index (χ2v) is 27.6. The molecule has 6 aromatic rings. The van der Waals surface area contributed by atoms with E-state index in [1.165, 1.54) is 48.5 Å². The maximum absolute atomic E-state index is 13.0. The standard InChI is InChI=1S/C79H94N12O24/c92-65(25-43-112-57-17-9-53(10-18-57)75(77(108)109)90-39-35-86(47-71(100)101)31-27-84(45-69(96)97)28-32-87(36-40-90)48-72(102)103)80-82-67(94)51-114-59-21-13-55(14-22-59)79(63-7-3-1-5-61(63)62-6-2-4-8-64(62)79)56-15-23-60(24-16-56)115-52-68(95)83-81-66(93)26-44-113-58-19-11-54(12-20-58)76(78(110)111)91-41-37-88(49-73(104)105)33-29-85(46-70(98)99)30-34-89(38-42-91)50-74(106)107/h1-24,75-76H,25-52H2,(H,80,92)(H,81,93)(H,82,94)(H,83,95)(H,96,97)(H,98,99)(H,100,101)(H,102,103)(H,104,105)(H,106,107)(H,108,109)(H,110,111). The Morgan fingerprint density at radius 3 is 0.817 bits per heavy atom. The van der Waals surface area contributed by atoms with Crippen molar-refractivity contribution < 1.29 is 117 Å². The SMILES string of the molecule is O=C(O)CN1CCN(CC(=O)O)CCN(C(C(=O)O)c2ccc(OCCC(=O)NNC(=O)COc3ccc(C4(c5ccc(OCC(=O)NNC(=O)CCOc6ccc(C(C(=O)O)N7CCN(CC(=O)O)CCN(CC(=O)O)CCN(CC(=O)O)CC7)cc6)cc5)c5ccccc5-c5ccccc54)cc3)cc2)CCN(CC(=O)O)CC1. The lowest BCUT2D eigenvalue weighted by atomic mass is 9.68. The average Bonchev–Trinajstić information content (AvgIpc) is 1.55. The fourth-order valence-electron chi connectivity index (χ4n) is 14.2. The van der Waals surface area contributed by atoms with Crippen molar-refractivity contribution in [1.82, 2.24) is 60.9 Å². The van der Waals surface area contributed by atoms with Crippen molar-refractivity contribution in [3.63, 3.8) is 0 Å². The average molecular weight is 1600 g/mol. The van der Waals surface area contributed by atoms with Gasteiger partial charge in [0, 0.05) is 105 Å². The minimum atomic E-state index is -1.25. The number of ether oxygens (including phenoxy) is 4. The molecule has 9 rings (SSSR count). The van der Waals surface area contributed by atoms with Gasteiger partial charge in [0.1, 0.15) is 35.1 Å². The number of carboxylic acids is 8. The maximum Gasteiger partial charge on any atom is 0.325 e. The van der Waals surface area contributed by atoms with Crippen molar-refractivity contribution in [2.75, 3.05) is 170 Å². The molecule has 0 aromatic heterocycles. The topological polar surface area (TPSA) is 478 Å². The van der Waals surface area contributed by atoms with Crippen molar-refractivity contribution in [2.45, 2.75) is 30.3 Å². The number of aliphatic carboxylic acids is 8. The second-order valence-electron chi connectivity index (χ2n) is 27.6. The van der Waals surface area contributed by atoms with Crippen LogP contribution in [-0.4, -0.2) is 322 Å². The van der Waals surface area contributed by atoms with Gasteiger partial charge in [-0.05, 0) is 93.0 Å². The summed E-state index contributed by atoms with van der Waals surface area (Å²) in [5.41, 5.74) is 14.8. The Kier molecular flexibility index (Phi) is 32.2. The lowest BCUT2D eigenvalue weighted by molar-refractivity contribution is -0.145. The van der Waals surface area contributed by atoms with Gasteiger partial charge < -0.3 is 59.8 Å². The zero-order chi connectivity index (χ0) is 82.6. The Balaban J connectivity index is 0.737. The fourth-order valence-corrected chi connectivity index (χ4v) is 14.2. The summed E-state index contributed by atoms with van der Waals surface area (Å²) in [5.74, 6) is -10.4. The van der Waals surface area contributed by atoms with Gasteiger partial charge in [-0.25, -0.2) is 0 Å². The molecule has 2 saturated heterocycles. The first-order valence-corrected chi connectivity index (χ1v) is 37.1.